The summed E-state index contributed by atoms with van der Waals surface area (Å²) in [5, 5.41) is 19.5. The Labute approximate surface area is 143 Å². The lowest BCUT2D eigenvalue weighted by Crippen LogP contribution is -2.13. The summed E-state index contributed by atoms with van der Waals surface area (Å²) in [6.07, 6.45) is 1.89. The number of rotatable bonds is 4. The smallest absolute Gasteiger partial charge is 0.260 e. The molecule has 0 saturated heterocycles. The number of aromatic hydroxyl groups is 1. The molecule has 0 atom stereocenters. The van der Waals surface area contributed by atoms with Crippen molar-refractivity contribution in [1.29, 1.82) is 0 Å². The molecule has 1 aromatic heterocycles. The first-order valence-corrected chi connectivity index (χ1v) is 8.20. The quantitative estimate of drug-likeness (QED) is 0.567. The molecule has 106 valence electrons. The Morgan fingerprint density at radius 2 is 2.15 bits per heavy atom. The maximum Gasteiger partial charge on any atom is 0.260 e. The predicted octanol–water partition coefficient (Wildman–Crippen LogP) is 3.53. The average molecular weight is 497 g/mol. The van der Waals surface area contributed by atoms with E-state index in [2.05, 4.69) is 45.0 Å². The van der Waals surface area contributed by atoms with Crippen LogP contribution in [0.1, 0.15) is 29.4 Å². The van der Waals surface area contributed by atoms with Gasteiger partial charge in [0.1, 0.15) is 5.75 Å². The summed E-state index contributed by atoms with van der Waals surface area (Å²) in [6.45, 7) is 2.07. The van der Waals surface area contributed by atoms with E-state index >= 15 is 0 Å². The van der Waals surface area contributed by atoms with E-state index in [0.717, 1.165) is 22.1 Å². The van der Waals surface area contributed by atoms with Gasteiger partial charge in [-0.05, 0) is 63.7 Å². The standard InChI is InChI=1S/C13H13I2N3O2/c1-2-3-8-6-11(18-17-8)16-13(20)9-4-7(14)5-10(15)12(9)19/h4-6,19H,2-3H2,1H3,(H2,16,17,18,20). The number of hydrogen-bond acceptors (Lipinski definition) is 3. The Kier molecular flexibility index (Phi) is 5.24. The largest absolute Gasteiger partial charge is 0.506 e. The lowest BCUT2D eigenvalue weighted by molar-refractivity contribution is 0.102. The third-order valence-electron chi connectivity index (χ3n) is 2.66. The topological polar surface area (TPSA) is 78.0 Å². The van der Waals surface area contributed by atoms with Crippen molar-refractivity contribution in [3.63, 3.8) is 0 Å². The minimum absolute atomic E-state index is 0.00664. The molecule has 0 radical (unpaired) electrons. The van der Waals surface area contributed by atoms with Gasteiger partial charge in [0.25, 0.3) is 5.91 Å². The van der Waals surface area contributed by atoms with E-state index in [1.807, 2.05) is 22.6 Å². The second-order valence-corrected chi connectivity index (χ2v) is 6.67. The third kappa shape index (κ3) is 3.62. The van der Waals surface area contributed by atoms with Gasteiger partial charge in [0.15, 0.2) is 5.82 Å². The molecule has 0 aliphatic rings. The number of carbonyl (C=O) groups excluding carboxylic acids is 1. The van der Waals surface area contributed by atoms with Crippen LogP contribution in [0, 0.1) is 7.14 Å². The number of hydrogen-bond donors (Lipinski definition) is 3. The summed E-state index contributed by atoms with van der Waals surface area (Å²) in [6, 6.07) is 5.26. The number of aromatic amines is 1. The number of nitrogens with one attached hydrogen (secondary N) is 2. The Bertz CT molecular complexity index is 641. The summed E-state index contributed by atoms with van der Waals surface area (Å²) in [4.78, 5) is 12.2. The van der Waals surface area contributed by atoms with Gasteiger partial charge in [-0.15, -0.1) is 0 Å². The van der Waals surface area contributed by atoms with Crippen molar-refractivity contribution in [2.75, 3.05) is 5.32 Å². The molecule has 1 amide bonds. The first-order valence-electron chi connectivity index (χ1n) is 6.05. The van der Waals surface area contributed by atoms with Gasteiger partial charge in [0.2, 0.25) is 0 Å². The van der Waals surface area contributed by atoms with Crippen molar-refractivity contribution in [2.45, 2.75) is 19.8 Å². The van der Waals surface area contributed by atoms with Gasteiger partial charge in [0, 0.05) is 15.3 Å². The molecule has 3 N–H and O–H groups in total. The van der Waals surface area contributed by atoms with Crippen LogP contribution in [0.5, 0.6) is 5.75 Å². The zero-order valence-electron chi connectivity index (χ0n) is 10.7. The molecule has 2 rings (SSSR count). The molecular weight excluding hydrogens is 484 g/mol. The summed E-state index contributed by atoms with van der Waals surface area (Å²) < 4.78 is 1.54. The number of phenols is 1. The summed E-state index contributed by atoms with van der Waals surface area (Å²) in [5.74, 6) is 0.0908. The SMILES string of the molecule is CCCc1cc(NC(=O)c2cc(I)cc(I)c2O)n[nH]1. The maximum atomic E-state index is 12.2. The summed E-state index contributed by atoms with van der Waals surface area (Å²) in [5.41, 5.74) is 1.23. The first-order chi connectivity index (χ1) is 9.51. The van der Waals surface area contributed by atoms with Gasteiger partial charge < -0.3 is 10.4 Å². The molecule has 7 heteroatoms. The van der Waals surface area contributed by atoms with Crippen molar-refractivity contribution in [2.24, 2.45) is 0 Å². The molecule has 1 heterocycles. The molecule has 0 saturated carbocycles. The van der Waals surface area contributed by atoms with Crippen LogP contribution < -0.4 is 5.32 Å². The van der Waals surface area contributed by atoms with Crippen LogP contribution >= 0.6 is 45.2 Å². The molecule has 1 aromatic carbocycles. The number of amides is 1. The van der Waals surface area contributed by atoms with E-state index in [-0.39, 0.29) is 17.2 Å². The van der Waals surface area contributed by atoms with E-state index < -0.39 is 0 Å². The number of H-pyrrole nitrogens is 1. The van der Waals surface area contributed by atoms with Crippen LogP contribution in [0.15, 0.2) is 18.2 Å². The first kappa shape index (κ1) is 15.5. The number of aromatic nitrogens is 2. The second-order valence-electron chi connectivity index (χ2n) is 4.27. The minimum Gasteiger partial charge on any atom is -0.506 e. The molecule has 20 heavy (non-hydrogen) atoms. The Morgan fingerprint density at radius 3 is 2.85 bits per heavy atom. The fraction of sp³-hybridized carbons (Fsp3) is 0.231. The van der Waals surface area contributed by atoms with Gasteiger partial charge >= 0.3 is 0 Å². The van der Waals surface area contributed by atoms with Crippen molar-refractivity contribution in [1.82, 2.24) is 10.2 Å². The van der Waals surface area contributed by atoms with Crippen LogP contribution in [-0.4, -0.2) is 21.2 Å². The van der Waals surface area contributed by atoms with Gasteiger partial charge in [-0.25, -0.2) is 0 Å². The zero-order chi connectivity index (χ0) is 14.7. The van der Waals surface area contributed by atoms with Gasteiger partial charge in [-0.3, -0.25) is 9.89 Å². The van der Waals surface area contributed by atoms with Gasteiger partial charge in [-0.2, -0.15) is 5.10 Å². The van der Waals surface area contributed by atoms with E-state index in [4.69, 9.17) is 0 Å². The number of benzene rings is 1. The lowest BCUT2D eigenvalue weighted by Gasteiger charge is -2.07. The molecule has 0 spiro atoms. The highest BCUT2D eigenvalue weighted by Crippen LogP contribution is 2.27. The highest BCUT2D eigenvalue weighted by atomic mass is 127. The Balaban J connectivity index is 2.19. The van der Waals surface area contributed by atoms with Crippen molar-refractivity contribution in [3.05, 3.63) is 36.6 Å². The molecule has 0 unspecified atom stereocenters. The summed E-state index contributed by atoms with van der Waals surface area (Å²) >= 11 is 4.11. The van der Waals surface area contributed by atoms with E-state index in [1.165, 1.54) is 0 Å². The monoisotopic (exact) mass is 497 g/mol. The van der Waals surface area contributed by atoms with Gasteiger partial charge in [0.05, 0.1) is 9.13 Å². The Morgan fingerprint density at radius 1 is 1.40 bits per heavy atom. The highest BCUT2D eigenvalue weighted by Gasteiger charge is 2.16. The van der Waals surface area contributed by atoms with E-state index in [0.29, 0.717) is 9.39 Å². The van der Waals surface area contributed by atoms with Crippen molar-refractivity contribution < 1.29 is 9.90 Å². The minimum atomic E-state index is -0.367. The molecule has 0 aliphatic carbocycles. The van der Waals surface area contributed by atoms with Crippen LogP contribution in [0.25, 0.3) is 0 Å². The number of halogens is 2. The molecule has 5 nitrogen and oxygen atoms in total. The molecule has 0 aliphatic heterocycles. The fourth-order valence-corrected chi connectivity index (χ4v) is 3.59. The molecule has 0 fully saturated rings. The maximum absolute atomic E-state index is 12.2. The molecule has 0 bridgehead atoms. The fourth-order valence-electron chi connectivity index (χ4n) is 1.75. The number of aryl methyl sites for hydroxylation is 1. The number of nitrogens with zero attached hydrogens (tertiary/aromatic N) is 1. The number of anilines is 1. The predicted molar refractivity (Wildman–Crippen MR) is 94.1 cm³/mol. The van der Waals surface area contributed by atoms with Crippen LogP contribution in [0.2, 0.25) is 0 Å². The van der Waals surface area contributed by atoms with Crippen LogP contribution in [0.3, 0.4) is 0 Å². The third-order valence-corrected chi connectivity index (χ3v) is 4.11. The Hall–Kier alpha value is -0.840. The zero-order valence-corrected chi connectivity index (χ0v) is 15.0. The highest BCUT2D eigenvalue weighted by molar-refractivity contribution is 14.1. The molecular formula is C13H13I2N3O2. The molecule has 2 aromatic rings. The second kappa shape index (κ2) is 6.74. The van der Waals surface area contributed by atoms with E-state index in [9.17, 15) is 9.90 Å². The van der Waals surface area contributed by atoms with Crippen molar-refractivity contribution >= 4 is 56.9 Å². The van der Waals surface area contributed by atoms with E-state index in [1.54, 1.807) is 18.2 Å². The van der Waals surface area contributed by atoms with Crippen LogP contribution in [0.4, 0.5) is 5.82 Å². The van der Waals surface area contributed by atoms with Crippen LogP contribution in [-0.2, 0) is 6.42 Å². The normalized spacial score (nSPS) is 10.6. The lowest BCUT2D eigenvalue weighted by atomic mass is 10.2. The van der Waals surface area contributed by atoms with Crippen molar-refractivity contribution in [3.8, 4) is 5.75 Å². The number of phenolic OH excluding ortho intramolecular Hbond substituents is 1. The van der Waals surface area contributed by atoms with Gasteiger partial charge in [-0.1, -0.05) is 13.3 Å². The summed E-state index contributed by atoms with van der Waals surface area (Å²) in [7, 11) is 0. The number of carbonyl (C=O) groups is 1. The average Bonchev–Trinajstić information content (AvgIpc) is 2.81.